The highest BCUT2D eigenvalue weighted by Gasteiger charge is 2.28. The van der Waals surface area contributed by atoms with E-state index in [1.54, 1.807) is 0 Å². The summed E-state index contributed by atoms with van der Waals surface area (Å²) in [4.78, 5) is 14.1. The maximum Gasteiger partial charge on any atom is 0.226 e. The van der Waals surface area contributed by atoms with Gasteiger partial charge in [-0.2, -0.15) is 5.26 Å². The van der Waals surface area contributed by atoms with Crippen molar-refractivity contribution in [3.63, 3.8) is 0 Å². The normalized spacial score (nSPS) is 27.4. The standard InChI is InChI=1S/C12H19N3O/c13-8-10-3-6-15(7-4-10)12(16)11-2-1-5-14-9-11/h10-11,14H,1-7,9H2/t11-/m0/s1. The molecule has 4 heteroatoms. The average Bonchev–Trinajstić information content (AvgIpc) is 2.39. The Labute approximate surface area is 96.6 Å². The number of carbonyl (C=O) groups is 1. The fraction of sp³-hybridized carbons (Fsp3) is 0.833. The number of likely N-dealkylation sites (tertiary alicyclic amines) is 1. The van der Waals surface area contributed by atoms with Crippen LogP contribution >= 0.6 is 0 Å². The van der Waals surface area contributed by atoms with Crippen LogP contribution in [0.15, 0.2) is 0 Å². The van der Waals surface area contributed by atoms with E-state index in [4.69, 9.17) is 5.26 Å². The van der Waals surface area contributed by atoms with Crippen molar-refractivity contribution in [3.05, 3.63) is 0 Å². The molecule has 1 N–H and O–H groups in total. The molecule has 2 heterocycles. The van der Waals surface area contributed by atoms with Crippen molar-refractivity contribution in [2.75, 3.05) is 26.2 Å². The number of carbonyl (C=O) groups excluding carboxylic acids is 1. The molecule has 88 valence electrons. The molecule has 0 spiro atoms. The van der Waals surface area contributed by atoms with Crippen LogP contribution in [0.5, 0.6) is 0 Å². The summed E-state index contributed by atoms with van der Waals surface area (Å²) >= 11 is 0. The van der Waals surface area contributed by atoms with E-state index in [2.05, 4.69) is 11.4 Å². The molecule has 0 aromatic carbocycles. The van der Waals surface area contributed by atoms with Crippen LogP contribution in [0.3, 0.4) is 0 Å². The summed E-state index contributed by atoms with van der Waals surface area (Å²) in [5.74, 6) is 0.629. The zero-order chi connectivity index (χ0) is 11.4. The number of amides is 1. The SMILES string of the molecule is N#CC1CCN(C(=O)[C@H]2CCCNC2)CC1. The summed E-state index contributed by atoms with van der Waals surface area (Å²) in [5, 5.41) is 12.1. The Balaban J connectivity index is 1.84. The molecule has 1 amide bonds. The van der Waals surface area contributed by atoms with Crippen LogP contribution < -0.4 is 5.32 Å². The van der Waals surface area contributed by atoms with Crippen LogP contribution in [0.2, 0.25) is 0 Å². The summed E-state index contributed by atoms with van der Waals surface area (Å²) in [7, 11) is 0. The van der Waals surface area contributed by atoms with Gasteiger partial charge in [0.25, 0.3) is 0 Å². The number of hydrogen-bond donors (Lipinski definition) is 1. The highest BCUT2D eigenvalue weighted by Crippen LogP contribution is 2.20. The lowest BCUT2D eigenvalue weighted by molar-refractivity contribution is -0.137. The van der Waals surface area contributed by atoms with Gasteiger partial charge in [-0.05, 0) is 32.2 Å². The first-order valence-corrected chi connectivity index (χ1v) is 6.20. The second-order valence-electron chi connectivity index (χ2n) is 4.77. The molecule has 2 saturated heterocycles. The first kappa shape index (κ1) is 11.4. The zero-order valence-electron chi connectivity index (χ0n) is 9.61. The van der Waals surface area contributed by atoms with Crippen LogP contribution in [-0.4, -0.2) is 37.0 Å². The Morgan fingerprint density at radius 2 is 2.06 bits per heavy atom. The first-order chi connectivity index (χ1) is 7.81. The van der Waals surface area contributed by atoms with Crippen molar-refractivity contribution in [3.8, 4) is 6.07 Å². The Bertz CT molecular complexity index is 283. The lowest BCUT2D eigenvalue weighted by Gasteiger charge is -2.33. The van der Waals surface area contributed by atoms with Gasteiger partial charge >= 0.3 is 0 Å². The van der Waals surface area contributed by atoms with Gasteiger partial charge in [0.15, 0.2) is 0 Å². The molecule has 0 saturated carbocycles. The van der Waals surface area contributed by atoms with Gasteiger partial charge in [-0.15, -0.1) is 0 Å². The maximum atomic E-state index is 12.2. The first-order valence-electron chi connectivity index (χ1n) is 6.20. The highest BCUT2D eigenvalue weighted by atomic mass is 16.2. The molecular weight excluding hydrogens is 202 g/mol. The van der Waals surface area contributed by atoms with Crippen molar-refractivity contribution >= 4 is 5.91 Å². The van der Waals surface area contributed by atoms with Crippen molar-refractivity contribution in [2.24, 2.45) is 11.8 Å². The monoisotopic (exact) mass is 221 g/mol. The van der Waals surface area contributed by atoms with Crippen LogP contribution in [0.4, 0.5) is 0 Å². The molecule has 0 radical (unpaired) electrons. The molecule has 0 unspecified atom stereocenters. The fourth-order valence-electron chi connectivity index (χ4n) is 2.55. The van der Waals surface area contributed by atoms with E-state index in [0.717, 1.165) is 51.9 Å². The molecule has 0 aliphatic carbocycles. The van der Waals surface area contributed by atoms with E-state index < -0.39 is 0 Å². The quantitative estimate of drug-likeness (QED) is 0.711. The molecule has 4 nitrogen and oxygen atoms in total. The van der Waals surface area contributed by atoms with Crippen molar-refractivity contribution in [1.29, 1.82) is 5.26 Å². The Morgan fingerprint density at radius 1 is 1.31 bits per heavy atom. The lowest BCUT2D eigenvalue weighted by Crippen LogP contribution is -2.46. The number of rotatable bonds is 1. The van der Waals surface area contributed by atoms with E-state index in [1.165, 1.54) is 0 Å². The summed E-state index contributed by atoms with van der Waals surface area (Å²) in [5.41, 5.74) is 0. The fourth-order valence-corrected chi connectivity index (χ4v) is 2.55. The molecule has 2 fully saturated rings. The summed E-state index contributed by atoms with van der Waals surface area (Å²) in [6.07, 6.45) is 3.82. The Kier molecular flexibility index (Phi) is 3.79. The van der Waals surface area contributed by atoms with Crippen LogP contribution in [0.25, 0.3) is 0 Å². The summed E-state index contributed by atoms with van der Waals surface area (Å²) < 4.78 is 0. The molecule has 1 atom stereocenters. The molecule has 0 aromatic rings. The van der Waals surface area contributed by atoms with Gasteiger partial charge in [0.1, 0.15) is 0 Å². The second kappa shape index (κ2) is 5.31. The number of nitriles is 1. The average molecular weight is 221 g/mol. The maximum absolute atomic E-state index is 12.2. The zero-order valence-corrected chi connectivity index (χ0v) is 9.61. The smallest absolute Gasteiger partial charge is 0.226 e. The molecule has 2 rings (SSSR count). The summed E-state index contributed by atoms with van der Waals surface area (Å²) in [6, 6.07) is 2.29. The van der Waals surface area contributed by atoms with Crippen molar-refractivity contribution in [2.45, 2.75) is 25.7 Å². The third-order valence-corrected chi connectivity index (χ3v) is 3.64. The van der Waals surface area contributed by atoms with Crippen molar-refractivity contribution in [1.82, 2.24) is 10.2 Å². The third kappa shape index (κ3) is 2.53. The van der Waals surface area contributed by atoms with Crippen LogP contribution in [-0.2, 0) is 4.79 Å². The Hall–Kier alpha value is -1.08. The van der Waals surface area contributed by atoms with Crippen LogP contribution in [0.1, 0.15) is 25.7 Å². The van der Waals surface area contributed by atoms with E-state index >= 15 is 0 Å². The van der Waals surface area contributed by atoms with E-state index in [1.807, 2.05) is 4.90 Å². The second-order valence-corrected chi connectivity index (χ2v) is 4.77. The minimum absolute atomic E-state index is 0.161. The predicted octanol–water partition coefficient (Wildman–Crippen LogP) is 0.748. The minimum Gasteiger partial charge on any atom is -0.342 e. The van der Waals surface area contributed by atoms with E-state index in [-0.39, 0.29) is 11.8 Å². The number of hydrogen-bond acceptors (Lipinski definition) is 3. The Morgan fingerprint density at radius 3 is 2.62 bits per heavy atom. The molecule has 2 aliphatic rings. The van der Waals surface area contributed by atoms with E-state index in [9.17, 15) is 4.79 Å². The molecule has 0 bridgehead atoms. The van der Waals surface area contributed by atoms with E-state index in [0.29, 0.717) is 5.91 Å². The number of nitrogens with one attached hydrogen (secondary N) is 1. The third-order valence-electron chi connectivity index (χ3n) is 3.64. The lowest BCUT2D eigenvalue weighted by atomic mass is 9.94. The van der Waals surface area contributed by atoms with Crippen LogP contribution in [0, 0.1) is 23.2 Å². The number of piperidine rings is 2. The van der Waals surface area contributed by atoms with Gasteiger partial charge in [0, 0.05) is 25.6 Å². The largest absolute Gasteiger partial charge is 0.342 e. The highest BCUT2D eigenvalue weighted by molar-refractivity contribution is 5.79. The molecule has 0 aromatic heterocycles. The van der Waals surface area contributed by atoms with Gasteiger partial charge in [0.05, 0.1) is 12.0 Å². The van der Waals surface area contributed by atoms with Gasteiger partial charge < -0.3 is 10.2 Å². The van der Waals surface area contributed by atoms with Crippen molar-refractivity contribution < 1.29 is 4.79 Å². The predicted molar refractivity (Wildman–Crippen MR) is 60.5 cm³/mol. The van der Waals surface area contributed by atoms with Gasteiger partial charge in [-0.25, -0.2) is 0 Å². The molecule has 16 heavy (non-hydrogen) atoms. The molecule has 2 aliphatic heterocycles. The topological polar surface area (TPSA) is 56.1 Å². The molecular formula is C12H19N3O. The summed E-state index contributed by atoms with van der Waals surface area (Å²) in [6.45, 7) is 3.42. The van der Waals surface area contributed by atoms with Gasteiger partial charge in [-0.1, -0.05) is 0 Å². The van der Waals surface area contributed by atoms with Gasteiger partial charge in [-0.3, -0.25) is 4.79 Å². The minimum atomic E-state index is 0.161. The number of nitrogens with zero attached hydrogens (tertiary/aromatic N) is 2. The van der Waals surface area contributed by atoms with Gasteiger partial charge in [0.2, 0.25) is 5.91 Å².